The van der Waals surface area contributed by atoms with Gasteiger partial charge in [0.25, 0.3) is 5.91 Å². The number of aromatic amines is 1. The van der Waals surface area contributed by atoms with Crippen LogP contribution in [0.15, 0.2) is 64.1 Å². The van der Waals surface area contributed by atoms with E-state index in [1.165, 1.54) is 16.6 Å². The second-order valence-electron chi connectivity index (χ2n) is 9.34. The van der Waals surface area contributed by atoms with Crippen LogP contribution in [0.3, 0.4) is 0 Å². The standard InChI is InChI=1S/C27H28BrN5O5S/c1-32-9-11-33(12-10-32)39(36,37)19-7-8-23(29-16-19)25-21-13-20(22(28)14-24(21)31-27(25)35)26(34)30-15-17-3-5-18(38-2)6-4-17/h3-8,13-14,16,31,35H,9-12,15H2,1-2H3,(H,30,34). The molecule has 1 amide bonds. The third kappa shape index (κ3) is 5.50. The molecule has 1 aliphatic heterocycles. The molecular formula is C27H28BrN5O5S. The predicted molar refractivity (Wildman–Crippen MR) is 151 cm³/mol. The minimum absolute atomic E-state index is 0.0940. The molecule has 0 unspecified atom stereocenters. The summed E-state index contributed by atoms with van der Waals surface area (Å²) < 4.78 is 33.3. The van der Waals surface area contributed by atoms with Crippen LogP contribution in [0, 0.1) is 0 Å². The number of nitrogens with one attached hydrogen (secondary N) is 2. The lowest BCUT2D eigenvalue weighted by molar-refractivity contribution is 0.0950. The Morgan fingerprint density at radius 1 is 1.13 bits per heavy atom. The Bertz CT molecular complexity index is 1610. The first-order valence-corrected chi connectivity index (χ1v) is 14.5. The summed E-state index contributed by atoms with van der Waals surface area (Å²) in [6.07, 6.45) is 1.31. The van der Waals surface area contributed by atoms with Crippen molar-refractivity contribution in [2.24, 2.45) is 0 Å². The van der Waals surface area contributed by atoms with Gasteiger partial charge in [0.2, 0.25) is 10.0 Å². The van der Waals surface area contributed by atoms with Gasteiger partial charge >= 0.3 is 0 Å². The van der Waals surface area contributed by atoms with Crippen molar-refractivity contribution >= 4 is 42.8 Å². The third-order valence-corrected chi connectivity index (χ3v) is 9.35. The molecule has 0 spiro atoms. The summed E-state index contributed by atoms with van der Waals surface area (Å²) >= 11 is 3.46. The molecule has 5 rings (SSSR count). The number of pyridine rings is 1. The second kappa shape index (κ2) is 11.0. The van der Waals surface area contributed by atoms with E-state index in [1.54, 1.807) is 25.3 Å². The summed E-state index contributed by atoms with van der Waals surface area (Å²) in [5.41, 5.74) is 2.65. The number of nitrogens with zero attached hydrogens (tertiary/aromatic N) is 3. The van der Waals surface area contributed by atoms with Crippen LogP contribution in [-0.2, 0) is 16.6 Å². The summed E-state index contributed by atoms with van der Waals surface area (Å²) in [4.78, 5) is 22.5. The van der Waals surface area contributed by atoms with Gasteiger partial charge in [-0.3, -0.25) is 9.78 Å². The number of H-pyrrole nitrogens is 1. The van der Waals surface area contributed by atoms with Crippen molar-refractivity contribution in [2.45, 2.75) is 11.4 Å². The van der Waals surface area contributed by atoms with E-state index in [4.69, 9.17) is 4.74 Å². The molecule has 2 aromatic heterocycles. The van der Waals surface area contributed by atoms with Gasteiger partial charge in [0.1, 0.15) is 10.6 Å². The predicted octanol–water partition coefficient (Wildman–Crippen LogP) is 3.57. The van der Waals surface area contributed by atoms with E-state index < -0.39 is 10.0 Å². The molecule has 1 saturated heterocycles. The molecule has 1 aliphatic rings. The van der Waals surface area contributed by atoms with Gasteiger partial charge in [-0.25, -0.2) is 8.42 Å². The number of hydrogen-bond donors (Lipinski definition) is 3. The van der Waals surface area contributed by atoms with Crippen LogP contribution in [-0.4, -0.2) is 78.9 Å². The number of likely N-dealkylation sites (N-methyl/N-ethyl adjacent to an activating group) is 1. The van der Waals surface area contributed by atoms with Gasteiger partial charge in [-0.1, -0.05) is 12.1 Å². The average Bonchev–Trinajstić information content (AvgIpc) is 3.26. The molecule has 0 radical (unpaired) electrons. The minimum atomic E-state index is -3.67. The smallest absolute Gasteiger partial charge is 0.252 e. The van der Waals surface area contributed by atoms with Gasteiger partial charge in [0.15, 0.2) is 5.88 Å². The van der Waals surface area contributed by atoms with Gasteiger partial charge in [-0.05, 0) is 64.9 Å². The highest BCUT2D eigenvalue weighted by Crippen LogP contribution is 2.38. The Morgan fingerprint density at radius 2 is 1.85 bits per heavy atom. The highest BCUT2D eigenvalue weighted by molar-refractivity contribution is 9.10. The number of hydrogen-bond acceptors (Lipinski definition) is 7. The van der Waals surface area contributed by atoms with Gasteiger partial charge in [-0.2, -0.15) is 4.31 Å². The number of amides is 1. The normalized spacial score (nSPS) is 14.9. The Morgan fingerprint density at radius 3 is 2.49 bits per heavy atom. The summed E-state index contributed by atoms with van der Waals surface area (Å²) in [5, 5.41) is 14.2. The maximum Gasteiger partial charge on any atom is 0.252 e. The van der Waals surface area contributed by atoms with Gasteiger partial charge in [0, 0.05) is 48.8 Å². The number of ether oxygens (including phenoxy) is 1. The molecule has 2 aromatic carbocycles. The molecule has 0 atom stereocenters. The van der Waals surface area contributed by atoms with Crippen molar-refractivity contribution in [3.8, 4) is 22.9 Å². The average molecular weight is 615 g/mol. The van der Waals surface area contributed by atoms with E-state index in [0.29, 0.717) is 64.9 Å². The van der Waals surface area contributed by atoms with E-state index in [1.807, 2.05) is 31.3 Å². The molecule has 4 aromatic rings. The molecule has 0 bridgehead atoms. The zero-order valence-corrected chi connectivity index (χ0v) is 23.8. The maximum atomic E-state index is 13.1. The van der Waals surface area contributed by atoms with Crippen LogP contribution < -0.4 is 10.1 Å². The van der Waals surface area contributed by atoms with Crippen LogP contribution in [0.25, 0.3) is 22.2 Å². The van der Waals surface area contributed by atoms with E-state index >= 15 is 0 Å². The fourth-order valence-electron chi connectivity index (χ4n) is 4.51. The zero-order valence-electron chi connectivity index (χ0n) is 21.4. The maximum absolute atomic E-state index is 13.1. The van der Waals surface area contributed by atoms with Crippen molar-refractivity contribution in [2.75, 3.05) is 40.3 Å². The number of halogens is 1. The first-order valence-electron chi connectivity index (χ1n) is 12.3. The summed E-state index contributed by atoms with van der Waals surface area (Å²) in [5.74, 6) is 0.305. The molecule has 3 N–H and O–H groups in total. The fraction of sp³-hybridized carbons (Fsp3) is 0.259. The van der Waals surface area contributed by atoms with E-state index in [-0.39, 0.29) is 16.7 Å². The fourth-order valence-corrected chi connectivity index (χ4v) is 6.41. The number of sulfonamides is 1. The highest BCUT2D eigenvalue weighted by Gasteiger charge is 2.28. The minimum Gasteiger partial charge on any atom is -0.497 e. The Balaban J connectivity index is 1.40. The molecule has 12 heteroatoms. The van der Waals surface area contributed by atoms with Crippen molar-refractivity contribution in [1.82, 2.24) is 24.5 Å². The Labute approximate surface area is 234 Å². The van der Waals surface area contributed by atoms with E-state index in [2.05, 4.69) is 36.1 Å². The molecule has 204 valence electrons. The zero-order chi connectivity index (χ0) is 27.7. The molecule has 1 fully saturated rings. The van der Waals surface area contributed by atoms with Crippen molar-refractivity contribution in [3.63, 3.8) is 0 Å². The number of methoxy groups -OCH3 is 1. The van der Waals surface area contributed by atoms with Crippen molar-refractivity contribution in [1.29, 1.82) is 0 Å². The number of piperazine rings is 1. The van der Waals surface area contributed by atoms with Gasteiger partial charge < -0.3 is 25.0 Å². The molecule has 3 heterocycles. The molecule has 10 nitrogen and oxygen atoms in total. The molecule has 0 aliphatic carbocycles. The summed E-state index contributed by atoms with van der Waals surface area (Å²) in [6, 6.07) is 13.8. The first-order chi connectivity index (χ1) is 18.7. The number of aromatic nitrogens is 2. The van der Waals surface area contributed by atoms with Crippen LogP contribution in [0.2, 0.25) is 0 Å². The molecule has 0 saturated carbocycles. The summed E-state index contributed by atoms with van der Waals surface area (Å²) in [6.45, 7) is 2.49. The van der Waals surface area contributed by atoms with Crippen molar-refractivity contribution in [3.05, 3.63) is 70.3 Å². The summed E-state index contributed by atoms with van der Waals surface area (Å²) in [7, 11) is -0.117. The van der Waals surface area contributed by atoms with Gasteiger partial charge in [-0.15, -0.1) is 0 Å². The number of benzene rings is 2. The number of rotatable bonds is 7. The quantitative estimate of drug-likeness (QED) is 0.291. The second-order valence-corrected chi connectivity index (χ2v) is 12.1. The Kier molecular flexibility index (Phi) is 7.63. The van der Waals surface area contributed by atoms with E-state index in [9.17, 15) is 18.3 Å². The van der Waals surface area contributed by atoms with Crippen LogP contribution in [0.4, 0.5) is 0 Å². The number of aromatic hydroxyl groups is 1. The first kappa shape index (κ1) is 27.1. The van der Waals surface area contributed by atoms with E-state index in [0.717, 1.165) is 11.3 Å². The molecular weight excluding hydrogens is 586 g/mol. The number of fused-ring (bicyclic) bond motifs is 1. The Hall–Kier alpha value is -3.45. The van der Waals surface area contributed by atoms with Crippen LogP contribution >= 0.6 is 15.9 Å². The lowest BCUT2D eigenvalue weighted by Gasteiger charge is -2.31. The SMILES string of the molecule is COc1ccc(CNC(=O)c2cc3c(-c4ccc(S(=O)(=O)N5CCN(C)CC5)cn4)c(O)[nH]c3cc2Br)cc1. The highest BCUT2D eigenvalue weighted by atomic mass is 79.9. The molecule has 39 heavy (non-hydrogen) atoms. The lowest BCUT2D eigenvalue weighted by atomic mass is 10.1. The third-order valence-electron chi connectivity index (χ3n) is 6.82. The lowest BCUT2D eigenvalue weighted by Crippen LogP contribution is -2.47. The van der Waals surface area contributed by atoms with Crippen LogP contribution in [0.1, 0.15) is 15.9 Å². The van der Waals surface area contributed by atoms with Gasteiger partial charge in [0.05, 0.1) is 29.4 Å². The number of carbonyl (C=O) groups is 1. The van der Waals surface area contributed by atoms with Crippen LogP contribution in [0.5, 0.6) is 11.6 Å². The largest absolute Gasteiger partial charge is 0.497 e. The van der Waals surface area contributed by atoms with Crippen molar-refractivity contribution < 1.29 is 23.1 Å². The monoisotopic (exact) mass is 613 g/mol. The number of carbonyl (C=O) groups excluding carboxylic acids is 1. The topological polar surface area (TPSA) is 128 Å².